The average Bonchev–Trinajstić information content (AvgIpc) is 2.94. The molecule has 186 valence electrons. The predicted octanol–water partition coefficient (Wildman–Crippen LogP) is 6.56. The van der Waals surface area contributed by atoms with Crippen molar-refractivity contribution < 1.29 is 18.7 Å². The van der Waals surface area contributed by atoms with E-state index in [1.165, 1.54) is 36.0 Å². The Labute approximate surface area is 219 Å². The lowest BCUT2D eigenvalue weighted by Crippen LogP contribution is -2.12. The van der Waals surface area contributed by atoms with E-state index < -0.39 is 0 Å². The SMILES string of the molecule is COc1ccc(OC)c(-c2cc(-c3ccccc3)nc(SCCC(=O)Nc3ccc(F)cc3)c2C#N)c1. The number of ether oxygens (including phenoxy) is 2. The summed E-state index contributed by atoms with van der Waals surface area (Å²) in [5.74, 6) is 1.03. The summed E-state index contributed by atoms with van der Waals surface area (Å²) in [5, 5.41) is 13.4. The van der Waals surface area contributed by atoms with E-state index in [1.54, 1.807) is 26.4 Å². The highest BCUT2D eigenvalue weighted by Gasteiger charge is 2.19. The Morgan fingerprint density at radius 2 is 1.76 bits per heavy atom. The van der Waals surface area contributed by atoms with Crippen LogP contribution < -0.4 is 14.8 Å². The second kappa shape index (κ2) is 12.1. The van der Waals surface area contributed by atoms with Crippen molar-refractivity contribution in [3.05, 3.63) is 90.2 Å². The molecule has 4 rings (SSSR count). The van der Waals surface area contributed by atoms with Crippen molar-refractivity contribution in [2.24, 2.45) is 0 Å². The predicted molar refractivity (Wildman–Crippen MR) is 143 cm³/mol. The number of carbonyl (C=O) groups excluding carboxylic acids is 1. The molecule has 0 fully saturated rings. The standard InChI is InChI=1S/C29H24FN3O3S/c1-35-22-12-13-27(36-2)24(16-22)23-17-26(19-6-4-3-5-7-19)33-29(25(23)18-31)37-15-14-28(34)32-21-10-8-20(30)9-11-21/h3-13,16-17H,14-15H2,1-2H3,(H,32,34). The lowest BCUT2D eigenvalue weighted by Gasteiger charge is -2.15. The fraction of sp³-hybridized carbons (Fsp3) is 0.138. The van der Waals surface area contributed by atoms with E-state index in [0.29, 0.717) is 50.3 Å². The molecule has 1 aromatic heterocycles. The van der Waals surface area contributed by atoms with Gasteiger partial charge in [0.15, 0.2) is 0 Å². The van der Waals surface area contributed by atoms with Crippen LogP contribution in [0.1, 0.15) is 12.0 Å². The number of amides is 1. The normalized spacial score (nSPS) is 10.4. The molecule has 3 aromatic carbocycles. The van der Waals surface area contributed by atoms with Crippen molar-refractivity contribution in [1.82, 2.24) is 4.98 Å². The first-order chi connectivity index (χ1) is 18.0. The average molecular weight is 514 g/mol. The number of hydrogen-bond acceptors (Lipinski definition) is 6. The van der Waals surface area contributed by atoms with Crippen molar-refractivity contribution in [3.8, 4) is 40.0 Å². The van der Waals surface area contributed by atoms with Crippen LogP contribution in [-0.4, -0.2) is 30.9 Å². The van der Waals surface area contributed by atoms with Crippen molar-refractivity contribution in [2.75, 3.05) is 25.3 Å². The Hall–Kier alpha value is -4.35. The first kappa shape index (κ1) is 25.7. The Morgan fingerprint density at radius 3 is 2.43 bits per heavy atom. The van der Waals surface area contributed by atoms with Gasteiger partial charge in [0.2, 0.25) is 5.91 Å². The number of anilines is 1. The zero-order chi connectivity index (χ0) is 26.2. The second-order valence-electron chi connectivity index (χ2n) is 7.93. The number of carbonyl (C=O) groups is 1. The first-order valence-electron chi connectivity index (χ1n) is 11.4. The molecule has 0 aliphatic carbocycles. The van der Waals surface area contributed by atoms with Crippen molar-refractivity contribution in [3.63, 3.8) is 0 Å². The largest absolute Gasteiger partial charge is 0.497 e. The summed E-state index contributed by atoms with van der Waals surface area (Å²) in [6, 6.07) is 24.9. The molecule has 4 aromatic rings. The number of halogens is 1. The highest BCUT2D eigenvalue weighted by atomic mass is 32.2. The third-order valence-electron chi connectivity index (χ3n) is 5.56. The summed E-state index contributed by atoms with van der Waals surface area (Å²) in [7, 11) is 3.16. The fourth-order valence-electron chi connectivity index (χ4n) is 3.73. The second-order valence-corrected chi connectivity index (χ2v) is 9.02. The molecule has 6 nitrogen and oxygen atoms in total. The summed E-state index contributed by atoms with van der Waals surface area (Å²) in [4.78, 5) is 17.2. The van der Waals surface area contributed by atoms with E-state index in [1.807, 2.05) is 42.5 Å². The molecule has 0 spiro atoms. The topological polar surface area (TPSA) is 84.2 Å². The zero-order valence-electron chi connectivity index (χ0n) is 20.3. The van der Waals surface area contributed by atoms with Gasteiger partial charge >= 0.3 is 0 Å². The molecule has 1 heterocycles. The maximum absolute atomic E-state index is 13.1. The fourth-order valence-corrected chi connectivity index (χ4v) is 4.67. The molecule has 0 bridgehead atoms. The van der Waals surface area contributed by atoms with Crippen LogP contribution in [0, 0.1) is 17.1 Å². The summed E-state index contributed by atoms with van der Waals surface area (Å²) in [6.45, 7) is 0. The van der Waals surface area contributed by atoms with Crippen LogP contribution >= 0.6 is 11.8 Å². The number of nitriles is 1. The number of rotatable bonds is 9. The van der Waals surface area contributed by atoms with E-state index in [9.17, 15) is 14.4 Å². The minimum atomic E-state index is -0.370. The Kier molecular flexibility index (Phi) is 8.39. The molecule has 1 N–H and O–H groups in total. The summed E-state index contributed by atoms with van der Waals surface area (Å²) >= 11 is 1.33. The van der Waals surface area contributed by atoms with Gasteiger partial charge in [-0.2, -0.15) is 5.26 Å². The summed E-state index contributed by atoms with van der Waals surface area (Å²) < 4.78 is 24.1. The molecule has 0 unspecified atom stereocenters. The van der Waals surface area contributed by atoms with Gasteiger partial charge in [-0.3, -0.25) is 4.79 Å². The lowest BCUT2D eigenvalue weighted by atomic mass is 9.98. The molecular weight excluding hydrogens is 489 g/mol. The van der Waals surface area contributed by atoms with Gasteiger partial charge in [-0.1, -0.05) is 30.3 Å². The van der Waals surface area contributed by atoms with Crippen molar-refractivity contribution in [2.45, 2.75) is 11.4 Å². The van der Waals surface area contributed by atoms with Gasteiger partial charge in [0, 0.05) is 34.6 Å². The van der Waals surface area contributed by atoms with E-state index in [4.69, 9.17) is 14.5 Å². The smallest absolute Gasteiger partial charge is 0.225 e. The van der Waals surface area contributed by atoms with Gasteiger partial charge in [0.05, 0.1) is 25.5 Å². The highest BCUT2D eigenvalue weighted by molar-refractivity contribution is 7.99. The van der Waals surface area contributed by atoms with Crippen LogP contribution in [0.4, 0.5) is 10.1 Å². The molecule has 0 saturated carbocycles. The van der Waals surface area contributed by atoms with Gasteiger partial charge in [0.1, 0.15) is 28.4 Å². The number of thioether (sulfide) groups is 1. The zero-order valence-corrected chi connectivity index (χ0v) is 21.1. The first-order valence-corrected chi connectivity index (χ1v) is 12.4. The maximum atomic E-state index is 13.1. The van der Waals surface area contributed by atoms with Gasteiger partial charge in [-0.25, -0.2) is 9.37 Å². The van der Waals surface area contributed by atoms with Gasteiger partial charge in [-0.05, 0) is 48.5 Å². The lowest BCUT2D eigenvalue weighted by molar-refractivity contribution is -0.115. The Balaban J connectivity index is 1.67. The highest BCUT2D eigenvalue weighted by Crippen LogP contribution is 2.40. The number of benzene rings is 3. The maximum Gasteiger partial charge on any atom is 0.225 e. The van der Waals surface area contributed by atoms with Crippen LogP contribution in [0.3, 0.4) is 0 Å². The molecule has 0 aliphatic heterocycles. The molecule has 0 aliphatic rings. The number of methoxy groups -OCH3 is 2. The molecule has 0 saturated heterocycles. The minimum Gasteiger partial charge on any atom is -0.497 e. The summed E-state index contributed by atoms with van der Waals surface area (Å²) in [5.41, 5.74) is 3.85. The monoisotopic (exact) mass is 513 g/mol. The molecule has 0 radical (unpaired) electrons. The molecule has 8 heteroatoms. The number of pyridine rings is 1. The Morgan fingerprint density at radius 1 is 1.00 bits per heavy atom. The number of nitrogens with zero attached hydrogens (tertiary/aromatic N) is 2. The number of aromatic nitrogens is 1. The van der Waals surface area contributed by atoms with E-state index in [-0.39, 0.29) is 18.1 Å². The number of hydrogen-bond donors (Lipinski definition) is 1. The minimum absolute atomic E-state index is 0.183. The van der Waals surface area contributed by atoms with Crippen molar-refractivity contribution in [1.29, 1.82) is 5.26 Å². The van der Waals surface area contributed by atoms with Gasteiger partial charge in [-0.15, -0.1) is 11.8 Å². The van der Waals surface area contributed by atoms with Crippen LogP contribution in [0.2, 0.25) is 0 Å². The number of nitrogens with one attached hydrogen (secondary N) is 1. The molecule has 37 heavy (non-hydrogen) atoms. The summed E-state index contributed by atoms with van der Waals surface area (Å²) in [6.07, 6.45) is 0.183. The van der Waals surface area contributed by atoms with E-state index in [2.05, 4.69) is 11.4 Å². The van der Waals surface area contributed by atoms with E-state index >= 15 is 0 Å². The van der Waals surface area contributed by atoms with Gasteiger partial charge < -0.3 is 14.8 Å². The van der Waals surface area contributed by atoms with Crippen LogP contribution in [-0.2, 0) is 4.79 Å². The van der Waals surface area contributed by atoms with Gasteiger partial charge in [0.25, 0.3) is 0 Å². The van der Waals surface area contributed by atoms with E-state index in [0.717, 1.165) is 5.56 Å². The molecule has 1 amide bonds. The third kappa shape index (κ3) is 6.26. The molecular formula is C29H24FN3O3S. The van der Waals surface area contributed by atoms with Crippen LogP contribution in [0.5, 0.6) is 11.5 Å². The van der Waals surface area contributed by atoms with Crippen LogP contribution in [0.15, 0.2) is 83.9 Å². The molecule has 0 atom stereocenters. The quantitative estimate of drug-likeness (QED) is 0.255. The third-order valence-corrected chi connectivity index (χ3v) is 6.54. The van der Waals surface area contributed by atoms with Crippen LogP contribution in [0.25, 0.3) is 22.4 Å². The van der Waals surface area contributed by atoms with Crippen molar-refractivity contribution >= 4 is 23.4 Å². The Bertz CT molecular complexity index is 1440.